The number of carbonyl (C=O) groups is 4. The third kappa shape index (κ3) is 11.5. The quantitative estimate of drug-likeness (QED) is 0.0582. The number of esters is 1. The van der Waals surface area contributed by atoms with Gasteiger partial charge in [0.2, 0.25) is 20.0 Å². The fraction of sp³-hybridized carbons (Fsp3) is 0.171. The van der Waals surface area contributed by atoms with Crippen molar-refractivity contribution in [3.05, 3.63) is 186 Å². The highest BCUT2D eigenvalue weighted by atomic mass is 32.2. The van der Waals surface area contributed by atoms with Crippen molar-refractivity contribution in [3.63, 3.8) is 0 Å². The summed E-state index contributed by atoms with van der Waals surface area (Å²) < 4.78 is 132. The number of carbonyl (C=O) groups excluding carboxylic acids is 3. The van der Waals surface area contributed by atoms with E-state index in [0.717, 1.165) is 26.7 Å². The van der Waals surface area contributed by atoms with Gasteiger partial charge in [0.1, 0.15) is 57.8 Å². The molecule has 6 aromatic heterocycles. The minimum absolute atomic E-state index is 0.0596. The molecule has 0 bridgehead atoms. The first-order valence-electron chi connectivity index (χ1n) is 30.0. The number of methoxy groups -OCH3 is 1. The first-order valence-corrected chi connectivity index (χ1v) is 33.7. The minimum atomic E-state index is -3.81. The Labute approximate surface area is 550 Å². The molecule has 0 aliphatic carbocycles. The van der Waals surface area contributed by atoms with Crippen molar-refractivity contribution in [3.8, 4) is 67.9 Å². The van der Waals surface area contributed by atoms with E-state index in [0.29, 0.717) is 95.7 Å². The molecule has 27 heteroatoms. The molecule has 0 saturated carbocycles. The number of halogens is 4. The van der Waals surface area contributed by atoms with Crippen LogP contribution in [-0.4, -0.2) is 113 Å². The Bertz CT molecular complexity index is 5540. The zero-order valence-corrected chi connectivity index (χ0v) is 54.2. The molecule has 2 aliphatic heterocycles. The molecular formula is C70H57F4N9O12S2. The molecule has 0 spiro atoms. The summed E-state index contributed by atoms with van der Waals surface area (Å²) in [5.41, 5.74) is 7.80. The van der Waals surface area contributed by atoms with Crippen molar-refractivity contribution < 1.29 is 72.3 Å². The molecule has 0 fully saturated rings. The molecule has 0 radical (unpaired) electrons. The number of benzene rings is 6. The summed E-state index contributed by atoms with van der Waals surface area (Å²) in [4.78, 5) is 60.8. The fourth-order valence-electron chi connectivity index (χ4n) is 12.7. The molecular weight excluding hydrogens is 1300 g/mol. The van der Waals surface area contributed by atoms with Crippen LogP contribution in [0.5, 0.6) is 0 Å². The predicted molar refractivity (Wildman–Crippen MR) is 359 cm³/mol. The molecule has 2 amide bonds. The predicted octanol–water partition coefficient (Wildman–Crippen LogP) is 12.7. The first kappa shape index (κ1) is 64.4. The average Bonchev–Trinajstić information content (AvgIpc) is 1.63. The van der Waals surface area contributed by atoms with E-state index in [-0.39, 0.29) is 69.5 Å². The van der Waals surface area contributed by atoms with E-state index in [1.807, 2.05) is 10.6 Å². The average molecular weight is 1360 g/mol. The Morgan fingerprint density at radius 2 is 1.07 bits per heavy atom. The summed E-state index contributed by atoms with van der Waals surface area (Å²) in [6.45, 7) is 0. The number of amides is 2. The number of carboxylic acid groups (broad SMARTS) is 1. The summed E-state index contributed by atoms with van der Waals surface area (Å²) >= 11 is 0. The van der Waals surface area contributed by atoms with Crippen molar-refractivity contribution in [2.45, 2.75) is 31.5 Å². The van der Waals surface area contributed by atoms with E-state index in [1.54, 1.807) is 71.3 Å². The monoisotopic (exact) mass is 1360 g/mol. The molecule has 97 heavy (non-hydrogen) atoms. The second kappa shape index (κ2) is 24.5. The Kier molecular flexibility index (Phi) is 16.2. The van der Waals surface area contributed by atoms with Crippen LogP contribution in [0.25, 0.3) is 112 Å². The molecule has 6 aromatic carbocycles. The molecule has 21 nitrogen and oxygen atoms in total. The molecule has 0 saturated heterocycles. The van der Waals surface area contributed by atoms with Crippen LogP contribution in [0.4, 0.5) is 34.6 Å². The number of aromatic nitrogens is 4. The maximum absolute atomic E-state index is 15.1. The summed E-state index contributed by atoms with van der Waals surface area (Å²) in [7, 11) is -0.574. The van der Waals surface area contributed by atoms with Gasteiger partial charge in [-0.1, -0.05) is 18.2 Å². The van der Waals surface area contributed by atoms with E-state index >= 15 is 4.39 Å². The van der Waals surface area contributed by atoms with Crippen LogP contribution < -0.4 is 24.6 Å². The molecule has 2 aliphatic rings. The number of carboxylic acids is 1. The van der Waals surface area contributed by atoms with Gasteiger partial charge in [0.25, 0.3) is 11.8 Å². The third-order valence-corrected chi connectivity index (χ3v) is 19.8. The Morgan fingerprint density at radius 1 is 0.608 bits per heavy atom. The fourth-order valence-corrected chi connectivity index (χ4v) is 13.7. The van der Waals surface area contributed by atoms with Crippen LogP contribution in [0.3, 0.4) is 0 Å². The van der Waals surface area contributed by atoms with Crippen LogP contribution in [0, 0.1) is 23.3 Å². The number of anilines is 3. The third-order valence-electron chi connectivity index (χ3n) is 17.4. The SMILES string of the molecule is CNC(=O)c1c(-c2ccc(F)cc2)oc2cc(N(C)S(C)(=O)=O)c(-c3ccc4c(n3)-c3cc5c(F)cccc5n3C(CC(=O)O)N4)cc12.CNC(=O)c1c(-c2ccc(F)cc2)oc2cc(N(C)S(C)(=O)=O)c(-c3ccc4c(n3)-c3cc5c(F)cccc5n3C(CC(=O)OC)C4)cc12. The van der Waals surface area contributed by atoms with Gasteiger partial charge in [-0.3, -0.25) is 27.8 Å². The van der Waals surface area contributed by atoms with E-state index in [9.17, 15) is 54.3 Å². The van der Waals surface area contributed by atoms with Gasteiger partial charge >= 0.3 is 11.9 Å². The second-order valence-electron chi connectivity index (χ2n) is 23.3. The van der Waals surface area contributed by atoms with E-state index in [2.05, 4.69) is 16.0 Å². The van der Waals surface area contributed by atoms with E-state index in [4.69, 9.17) is 23.5 Å². The standard InChI is InChI=1S/C36H30F2N4O6S.C34H27F2N5O6S/c1-39-36(44)33-25-16-24(29(41(2)49(4,45)46)18-31(25)48-35(33)19-8-11-21(37)12-9-19)27-13-10-20-14-22(15-32(43)47-3)42-28-7-5-6-26(38)23(28)17-30(42)34(20)40-27;1-37-34(44)31-21-13-20(26(40(2)48(3,45)46)15-28(21)47-33(31)17-7-9-18(35)10-8-17)23-11-12-24-32(39-23)27-14-19-22(36)5-4-6-25(19)41(27)29(38-24)16-30(42)43/h5-13,16-18,22H,14-15H2,1-4H3,(H,39,44);4-15,29,38H,16H2,1-3H3,(H,37,44)(H,42,43). The zero-order chi connectivity index (χ0) is 68.8. The molecule has 4 N–H and O–H groups in total. The van der Waals surface area contributed by atoms with Gasteiger partial charge in [0.05, 0.1) is 100 Å². The molecule has 2 atom stereocenters. The van der Waals surface area contributed by atoms with E-state index in [1.165, 1.54) is 108 Å². The highest BCUT2D eigenvalue weighted by molar-refractivity contribution is 7.92. The maximum Gasteiger partial charge on any atom is 0.307 e. The van der Waals surface area contributed by atoms with Crippen molar-refractivity contribution in [1.82, 2.24) is 29.7 Å². The highest BCUT2D eigenvalue weighted by Crippen LogP contribution is 2.48. The Hall–Kier alpha value is -11.3. The van der Waals surface area contributed by atoms with Gasteiger partial charge in [0.15, 0.2) is 0 Å². The van der Waals surface area contributed by atoms with Crippen LogP contribution in [-0.2, 0) is 40.8 Å². The number of hydrogen-bond donors (Lipinski definition) is 4. The van der Waals surface area contributed by atoms with Gasteiger partial charge in [-0.15, -0.1) is 0 Å². The lowest BCUT2D eigenvalue weighted by Crippen LogP contribution is -2.26. The lowest BCUT2D eigenvalue weighted by molar-refractivity contribution is -0.141. The Balaban J connectivity index is 0.000000175. The zero-order valence-electron chi connectivity index (χ0n) is 52.6. The first-order chi connectivity index (χ1) is 46.2. The van der Waals surface area contributed by atoms with Gasteiger partial charge in [0, 0.05) is 90.2 Å². The molecule has 14 rings (SSSR count). The number of rotatable bonds is 14. The number of fused-ring (bicyclic) bond motifs is 12. The van der Waals surface area contributed by atoms with Gasteiger partial charge in [-0.05, 0) is 127 Å². The van der Waals surface area contributed by atoms with Crippen molar-refractivity contribution in [2.24, 2.45) is 0 Å². The van der Waals surface area contributed by atoms with Gasteiger partial charge in [-0.2, -0.15) is 0 Å². The number of furan rings is 2. The van der Waals surface area contributed by atoms with Gasteiger partial charge < -0.3 is 43.8 Å². The summed E-state index contributed by atoms with van der Waals surface area (Å²) in [5.74, 6) is -3.91. The second-order valence-corrected chi connectivity index (χ2v) is 27.3. The number of aliphatic carboxylic acids is 1. The topological polar surface area (TPSA) is 271 Å². The van der Waals surface area contributed by atoms with Crippen molar-refractivity contribution in [1.29, 1.82) is 0 Å². The number of pyridine rings is 2. The molecule has 12 aromatic rings. The minimum Gasteiger partial charge on any atom is -0.481 e. The highest BCUT2D eigenvalue weighted by Gasteiger charge is 2.35. The normalized spacial score (nSPS) is 14.0. The Morgan fingerprint density at radius 3 is 1.54 bits per heavy atom. The number of nitrogens with one attached hydrogen (secondary N) is 3. The van der Waals surface area contributed by atoms with Crippen LogP contribution in [0.15, 0.2) is 154 Å². The smallest absolute Gasteiger partial charge is 0.307 e. The molecule has 2 unspecified atom stereocenters. The number of ether oxygens (including phenoxy) is 1. The van der Waals surface area contributed by atoms with E-state index < -0.39 is 73.2 Å². The van der Waals surface area contributed by atoms with Crippen LogP contribution in [0.1, 0.15) is 51.3 Å². The summed E-state index contributed by atoms with van der Waals surface area (Å²) in [6, 6.07) is 36.4. The van der Waals surface area contributed by atoms with Crippen molar-refractivity contribution in [2.75, 3.05) is 61.7 Å². The largest absolute Gasteiger partial charge is 0.481 e. The lowest BCUT2D eigenvalue weighted by Gasteiger charge is -2.30. The van der Waals surface area contributed by atoms with Crippen LogP contribution in [0.2, 0.25) is 0 Å². The lowest BCUT2D eigenvalue weighted by atomic mass is 9.94. The number of sulfonamides is 2. The maximum atomic E-state index is 15.1. The van der Waals surface area contributed by atoms with Crippen LogP contribution >= 0.6 is 0 Å². The summed E-state index contributed by atoms with van der Waals surface area (Å²) in [5, 5.41) is 19.5. The van der Waals surface area contributed by atoms with Crippen molar-refractivity contribution >= 4 is 105 Å². The molecule has 494 valence electrons. The van der Waals surface area contributed by atoms with Gasteiger partial charge in [-0.25, -0.2) is 44.4 Å². The molecule has 8 heterocycles. The number of hydrogen-bond acceptors (Lipinski definition) is 14. The summed E-state index contributed by atoms with van der Waals surface area (Å²) in [6.07, 6.45) is 1.54. The number of nitrogens with zero attached hydrogens (tertiary/aromatic N) is 6.